The zero-order valence-corrected chi connectivity index (χ0v) is 24.2. The number of amides is 1. The van der Waals surface area contributed by atoms with Crippen LogP contribution in [-0.4, -0.2) is 47.2 Å². The standard InChI is InChI=1S/C31H33N7O4/c1-31(2,33)16-22(17-32)28(39)36-23-8-6-19(7-9-23)10-11-38-27-21(18-35-30(34-3)37-27)14-26(29(38)40)20-12-24(41-4)15-25(13-20)42-5/h6-9,12-16,18H,10-11,33H2,1-5H3,(H,36,39)(H,34,35,37)/b22-16+. The van der Waals surface area contributed by atoms with Crippen LogP contribution in [-0.2, 0) is 17.8 Å². The molecule has 0 atom stereocenters. The van der Waals surface area contributed by atoms with E-state index < -0.39 is 11.4 Å². The van der Waals surface area contributed by atoms with Crippen molar-refractivity contribution in [3.8, 4) is 28.7 Å². The van der Waals surface area contributed by atoms with Gasteiger partial charge in [0.05, 0.1) is 14.2 Å². The zero-order chi connectivity index (χ0) is 30.4. The first-order valence-electron chi connectivity index (χ1n) is 13.2. The van der Waals surface area contributed by atoms with Crippen molar-refractivity contribution >= 4 is 28.6 Å². The fourth-order valence-corrected chi connectivity index (χ4v) is 4.37. The van der Waals surface area contributed by atoms with E-state index >= 15 is 0 Å². The normalized spacial score (nSPS) is 11.6. The lowest BCUT2D eigenvalue weighted by Crippen LogP contribution is -2.30. The fourth-order valence-electron chi connectivity index (χ4n) is 4.37. The molecular formula is C31H33N7O4. The Hall–Kier alpha value is -5.21. The number of hydrogen-bond donors (Lipinski definition) is 3. The number of hydrogen-bond acceptors (Lipinski definition) is 9. The van der Waals surface area contributed by atoms with E-state index in [0.29, 0.717) is 58.3 Å². The maximum Gasteiger partial charge on any atom is 0.266 e. The summed E-state index contributed by atoms with van der Waals surface area (Å²) < 4.78 is 12.5. The summed E-state index contributed by atoms with van der Waals surface area (Å²) in [7, 11) is 4.83. The molecule has 4 aromatic rings. The third-order valence-electron chi connectivity index (χ3n) is 6.43. The Morgan fingerprint density at radius 2 is 1.79 bits per heavy atom. The number of anilines is 2. The lowest BCUT2D eigenvalue weighted by atomic mass is 10.0. The van der Waals surface area contributed by atoms with Gasteiger partial charge >= 0.3 is 0 Å². The second-order valence-corrected chi connectivity index (χ2v) is 10.2. The molecule has 42 heavy (non-hydrogen) atoms. The van der Waals surface area contributed by atoms with E-state index in [1.165, 1.54) is 6.08 Å². The van der Waals surface area contributed by atoms with Gasteiger partial charge in [0, 0.05) is 48.0 Å². The number of fused-ring (bicyclic) bond motifs is 1. The number of benzene rings is 2. The lowest BCUT2D eigenvalue weighted by molar-refractivity contribution is -0.112. The van der Waals surface area contributed by atoms with Crippen LogP contribution in [0.25, 0.3) is 22.2 Å². The number of aryl methyl sites for hydroxylation is 2. The van der Waals surface area contributed by atoms with Gasteiger partial charge in [-0.15, -0.1) is 0 Å². The van der Waals surface area contributed by atoms with Crippen LogP contribution in [0.15, 0.2) is 71.2 Å². The molecular weight excluding hydrogens is 534 g/mol. The maximum atomic E-state index is 13.9. The second kappa shape index (κ2) is 12.5. The Kier molecular flexibility index (Phi) is 8.88. The molecule has 0 fully saturated rings. The summed E-state index contributed by atoms with van der Waals surface area (Å²) in [5, 5.41) is 15.7. The molecule has 0 aliphatic carbocycles. The van der Waals surface area contributed by atoms with Gasteiger partial charge in [0.2, 0.25) is 5.95 Å². The van der Waals surface area contributed by atoms with Gasteiger partial charge in [-0.1, -0.05) is 12.1 Å². The highest BCUT2D eigenvalue weighted by molar-refractivity contribution is 6.06. The Bertz CT molecular complexity index is 1720. The van der Waals surface area contributed by atoms with E-state index in [-0.39, 0.29) is 11.1 Å². The monoisotopic (exact) mass is 567 g/mol. The van der Waals surface area contributed by atoms with E-state index in [9.17, 15) is 14.9 Å². The minimum absolute atomic E-state index is 0.0608. The number of aromatic nitrogens is 3. The van der Waals surface area contributed by atoms with Crippen LogP contribution in [0.4, 0.5) is 11.6 Å². The maximum absolute atomic E-state index is 13.9. The molecule has 0 bridgehead atoms. The third kappa shape index (κ3) is 6.92. The van der Waals surface area contributed by atoms with Crippen molar-refractivity contribution in [2.24, 2.45) is 5.73 Å². The molecule has 4 N–H and O–H groups in total. The van der Waals surface area contributed by atoms with Crippen molar-refractivity contribution < 1.29 is 14.3 Å². The van der Waals surface area contributed by atoms with Crippen molar-refractivity contribution in [1.29, 1.82) is 5.26 Å². The van der Waals surface area contributed by atoms with Gasteiger partial charge in [0.1, 0.15) is 28.8 Å². The summed E-state index contributed by atoms with van der Waals surface area (Å²) in [4.78, 5) is 35.3. The van der Waals surface area contributed by atoms with Crippen LogP contribution >= 0.6 is 0 Å². The predicted octanol–water partition coefficient (Wildman–Crippen LogP) is 3.89. The number of rotatable bonds is 10. The molecule has 11 nitrogen and oxygen atoms in total. The third-order valence-corrected chi connectivity index (χ3v) is 6.43. The summed E-state index contributed by atoms with van der Waals surface area (Å²) >= 11 is 0. The van der Waals surface area contributed by atoms with Gasteiger partial charge in [0.25, 0.3) is 11.5 Å². The smallest absolute Gasteiger partial charge is 0.266 e. The van der Waals surface area contributed by atoms with E-state index in [1.807, 2.05) is 18.2 Å². The average Bonchev–Trinajstić information content (AvgIpc) is 2.98. The van der Waals surface area contributed by atoms with Crippen LogP contribution in [0.1, 0.15) is 19.4 Å². The molecule has 0 saturated carbocycles. The highest BCUT2D eigenvalue weighted by Crippen LogP contribution is 2.29. The van der Waals surface area contributed by atoms with E-state index in [4.69, 9.17) is 15.2 Å². The minimum Gasteiger partial charge on any atom is -0.497 e. The van der Waals surface area contributed by atoms with Crippen LogP contribution in [0.5, 0.6) is 11.5 Å². The number of nitriles is 1. The van der Waals surface area contributed by atoms with Crippen molar-refractivity contribution in [2.75, 3.05) is 31.9 Å². The van der Waals surface area contributed by atoms with Crippen LogP contribution in [0.2, 0.25) is 0 Å². The van der Waals surface area contributed by atoms with Gasteiger partial charge in [-0.2, -0.15) is 10.2 Å². The minimum atomic E-state index is -0.802. The van der Waals surface area contributed by atoms with Gasteiger partial charge in [-0.3, -0.25) is 14.2 Å². The molecule has 0 aliphatic heterocycles. The average molecular weight is 568 g/mol. The first-order chi connectivity index (χ1) is 20.0. The largest absolute Gasteiger partial charge is 0.497 e. The number of nitrogens with one attached hydrogen (secondary N) is 2. The van der Waals surface area contributed by atoms with Gasteiger partial charge in [-0.25, -0.2) is 4.98 Å². The van der Waals surface area contributed by atoms with E-state index in [1.54, 1.807) is 82.3 Å². The number of carbonyl (C=O) groups excluding carboxylic acids is 1. The molecule has 0 radical (unpaired) electrons. The molecule has 1 amide bonds. The highest BCUT2D eigenvalue weighted by atomic mass is 16.5. The zero-order valence-electron chi connectivity index (χ0n) is 24.2. The fraction of sp³-hybridized carbons (Fsp3) is 0.258. The van der Waals surface area contributed by atoms with Crippen LogP contribution in [0.3, 0.4) is 0 Å². The van der Waals surface area contributed by atoms with Crippen molar-refractivity contribution in [2.45, 2.75) is 32.4 Å². The number of methoxy groups -OCH3 is 2. The quantitative estimate of drug-likeness (QED) is 0.191. The number of nitrogens with zero attached hydrogens (tertiary/aromatic N) is 4. The van der Waals surface area contributed by atoms with E-state index in [2.05, 4.69) is 20.6 Å². The van der Waals surface area contributed by atoms with Gasteiger partial charge < -0.3 is 25.8 Å². The SMILES string of the molecule is CNc1ncc2cc(-c3cc(OC)cc(OC)c3)c(=O)n(CCc3ccc(NC(=O)/C(C#N)=C/C(C)(C)N)cc3)c2n1. The first-order valence-corrected chi connectivity index (χ1v) is 13.2. The summed E-state index contributed by atoms with van der Waals surface area (Å²) in [5.41, 5.74) is 7.91. The topological polar surface area (TPSA) is 157 Å². The molecule has 0 saturated heterocycles. The Labute approximate surface area is 243 Å². The Balaban J connectivity index is 1.65. The second-order valence-electron chi connectivity index (χ2n) is 10.2. The van der Waals surface area contributed by atoms with Crippen LogP contribution in [0, 0.1) is 11.3 Å². The Morgan fingerprint density at radius 3 is 2.36 bits per heavy atom. The van der Waals surface area contributed by atoms with Crippen molar-refractivity contribution in [3.05, 3.63) is 82.3 Å². The molecule has 0 aliphatic rings. The lowest BCUT2D eigenvalue weighted by Gasteiger charge is -2.15. The first kappa shape index (κ1) is 29.8. The molecule has 2 aromatic carbocycles. The summed E-state index contributed by atoms with van der Waals surface area (Å²) in [5.74, 6) is 0.991. The van der Waals surface area contributed by atoms with E-state index in [0.717, 1.165) is 5.56 Å². The molecule has 4 rings (SSSR count). The predicted molar refractivity (Wildman–Crippen MR) is 163 cm³/mol. The number of ether oxygens (including phenoxy) is 2. The van der Waals surface area contributed by atoms with Crippen LogP contribution < -0.4 is 31.4 Å². The molecule has 0 spiro atoms. The number of nitrogens with two attached hydrogens (primary N) is 1. The highest BCUT2D eigenvalue weighted by Gasteiger charge is 2.17. The molecule has 2 aromatic heterocycles. The molecule has 216 valence electrons. The molecule has 11 heteroatoms. The summed E-state index contributed by atoms with van der Waals surface area (Å²) in [6.45, 7) is 3.74. The summed E-state index contributed by atoms with van der Waals surface area (Å²) in [6, 6.07) is 16.2. The summed E-state index contributed by atoms with van der Waals surface area (Å²) in [6.07, 6.45) is 3.62. The van der Waals surface area contributed by atoms with Gasteiger partial charge in [0.15, 0.2) is 0 Å². The molecule has 0 unspecified atom stereocenters. The number of pyridine rings is 1. The number of carbonyl (C=O) groups is 1. The van der Waals surface area contributed by atoms with Crippen molar-refractivity contribution in [1.82, 2.24) is 14.5 Å². The molecule has 2 heterocycles. The van der Waals surface area contributed by atoms with Crippen molar-refractivity contribution in [3.63, 3.8) is 0 Å². The van der Waals surface area contributed by atoms with Gasteiger partial charge in [-0.05, 0) is 67.8 Å². The Morgan fingerprint density at radius 1 is 1.12 bits per heavy atom.